The van der Waals surface area contributed by atoms with Gasteiger partial charge < -0.3 is 10.0 Å². The zero-order valence-corrected chi connectivity index (χ0v) is 7.74. The van der Waals surface area contributed by atoms with E-state index in [0.29, 0.717) is 13.1 Å². The summed E-state index contributed by atoms with van der Waals surface area (Å²) < 4.78 is 0.0875. The van der Waals surface area contributed by atoms with Crippen LogP contribution in [0.4, 0.5) is 4.79 Å². The van der Waals surface area contributed by atoms with E-state index in [9.17, 15) is 4.79 Å². The molecule has 0 unspecified atom stereocenters. The standard InChI is InChI=1S/C6H10INO2/c7-6(10)8-3-1-5(9)2-4-8/h5,9H,1-4H2. The minimum absolute atomic E-state index is 0.0875. The van der Waals surface area contributed by atoms with Gasteiger partial charge in [-0.2, -0.15) is 0 Å². The lowest BCUT2D eigenvalue weighted by molar-refractivity contribution is 0.101. The van der Waals surface area contributed by atoms with Crippen molar-refractivity contribution in [2.75, 3.05) is 13.1 Å². The third-order valence-corrected chi connectivity index (χ3v) is 2.40. The van der Waals surface area contributed by atoms with Gasteiger partial charge in [-0.3, -0.25) is 4.79 Å². The molecule has 3 nitrogen and oxygen atoms in total. The number of aliphatic hydroxyl groups is 1. The van der Waals surface area contributed by atoms with Gasteiger partial charge in [-0.1, -0.05) is 0 Å². The molecule has 1 aliphatic heterocycles. The van der Waals surface area contributed by atoms with Crippen LogP contribution in [0.5, 0.6) is 0 Å². The molecule has 1 heterocycles. The van der Waals surface area contributed by atoms with E-state index in [2.05, 4.69) is 0 Å². The Balaban J connectivity index is 2.33. The largest absolute Gasteiger partial charge is 0.393 e. The molecule has 0 aromatic rings. The van der Waals surface area contributed by atoms with Crippen LogP contribution in [0.25, 0.3) is 0 Å². The molecule has 0 saturated carbocycles. The fourth-order valence-corrected chi connectivity index (χ4v) is 1.52. The highest BCUT2D eigenvalue weighted by atomic mass is 127. The molecule has 58 valence electrons. The number of hydrogen-bond donors (Lipinski definition) is 1. The van der Waals surface area contributed by atoms with Crippen LogP contribution < -0.4 is 0 Å². The number of rotatable bonds is 0. The molecule has 1 saturated heterocycles. The summed E-state index contributed by atoms with van der Waals surface area (Å²) >= 11 is 1.77. The predicted octanol–water partition coefficient (Wildman–Crippen LogP) is 0.998. The van der Waals surface area contributed by atoms with Crippen molar-refractivity contribution in [1.29, 1.82) is 0 Å². The number of halogens is 1. The molecule has 0 radical (unpaired) electrons. The molecular formula is C6H10INO2. The quantitative estimate of drug-likeness (QED) is 0.398. The van der Waals surface area contributed by atoms with Gasteiger partial charge in [0.15, 0.2) is 0 Å². The summed E-state index contributed by atoms with van der Waals surface area (Å²) in [6, 6.07) is 0. The molecule has 0 bridgehead atoms. The molecule has 1 N–H and O–H groups in total. The summed E-state index contributed by atoms with van der Waals surface area (Å²) in [5.74, 6) is 0. The van der Waals surface area contributed by atoms with E-state index in [1.165, 1.54) is 0 Å². The Morgan fingerprint density at radius 3 is 2.40 bits per heavy atom. The summed E-state index contributed by atoms with van der Waals surface area (Å²) in [6.07, 6.45) is 1.27. The lowest BCUT2D eigenvalue weighted by atomic mass is 10.1. The Morgan fingerprint density at radius 1 is 1.50 bits per heavy atom. The Hall–Kier alpha value is 0.160. The Bertz CT molecular complexity index is 132. The molecule has 1 fully saturated rings. The maximum atomic E-state index is 10.7. The second kappa shape index (κ2) is 3.52. The van der Waals surface area contributed by atoms with Crippen molar-refractivity contribution in [1.82, 2.24) is 4.90 Å². The average molecular weight is 255 g/mol. The van der Waals surface area contributed by atoms with E-state index < -0.39 is 0 Å². The van der Waals surface area contributed by atoms with Gasteiger partial charge in [0.2, 0.25) is 0 Å². The molecule has 0 aromatic carbocycles. The van der Waals surface area contributed by atoms with E-state index >= 15 is 0 Å². The number of carbonyl (C=O) groups excluding carboxylic acids is 1. The summed E-state index contributed by atoms with van der Waals surface area (Å²) in [5.41, 5.74) is 0. The van der Waals surface area contributed by atoms with Crippen LogP contribution in [-0.2, 0) is 0 Å². The first-order valence-electron chi connectivity index (χ1n) is 3.32. The highest BCUT2D eigenvalue weighted by molar-refractivity contribution is 14.1. The van der Waals surface area contributed by atoms with Crippen molar-refractivity contribution in [2.24, 2.45) is 0 Å². The van der Waals surface area contributed by atoms with Gasteiger partial charge in [0.1, 0.15) is 0 Å². The van der Waals surface area contributed by atoms with Crippen molar-refractivity contribution in [3.63, 3.8) is 0 Å². The smallest absolute Gasteiger partial charge is 0.283 e. The molecule has 0 spiro atoms. The molecule has 0 atom stereocenters. The van der Waals surface area contributed by atoms with E-state index in [-0.39, 0.29) is 10.0 Å². The lowest BCUT2D eigenvalue weighted by Gasteiger charge is -2.27. The second-order valence-electron chi connectivity index (χ2n) is 2.47. The second-order valence-corrected chi connectivity index (χ2v) is 3.39. The van der Waals surface area contributed by atoms with Gasteiger partial charge in [0.05, 0.1) is 6.10 Å². The van der Waals surface area contributed by atoms with Gasteiger partial charge >= 0.3 is 0 Å². The fourth-order valence-electron chi connectivity index (χ4n) is 1.04. The summed E-state index contributed by atoms with van der Waals surface area (Å²) in [5, 5.41) is 9.07. The van der Waals surface area contributed by atoms with E-state index in [1.54, 1.807) is 27.5 Å². The molecule has 1 rings (SSSR count). The first-order valence-corrected chi connectivity index (χ1v) is 4.40. The van der Waals surface area contributed by atoms with Gasteiger partial charge in [0.25, 0.3) is 3.91 Å². The highest BCUT2D eigenvalue weighted by Crippen LogP contribution is 2.12. The molecule has 0 aromatic heterocycles. The van der Waals surface area contributed by atoms with Crippen molar-refractivity contribution < 1.29 is 9.90 Å². The third-order valence-electron chi connectivity index (χ3n) is 1.71. The number of hydrogen-bond acceptors (Lipinski definition) is 2. The van der Waals surface area contributed by atoms with E-state index in [0.717, 1.165) is 12.8 Å². The monoisotopic (exact) mass is 255 g/mol. The lowest BCUT2D eigenvalue weighted by Crippen LogP contribution is -2.36. The molecule has 0 aliphatic carbocycles. The first-order chi connectivity index (χ1) is 4.70. The summed E-state index contributed by atoms with van der Waals surface area (Å²) in [4.78, 5) is 12.5. The van der Waals surface area contributed by atoms with Gasteiger partial charge in [-0.25, -0.2) is 0 Å². The van der Waals surface area contributed by atoms with Crippen LogP contribution in [-0.4, -0.2) is 33.1 Å². The van der Waals surface area contributed by atoms with Crippen molar-refractivity contribution in [3.05, 3.63) is 0 Å². The highest BCUT2D eigenvalue weighted by Gasteiger charge is 2.18. The van der Waals surface area contributed by atoms with Crippen molar-refractivity contribution in [2.45, 2.75) is 18.9 Å². The van der Waals surface area contributed by atoms with Crippen LogP contribution >= 0.6 is 22.6 Å². The number of likely N-dealkylation sites (tertiary alicyclic amines) is 1. The molecule has 1 aliphatic rings. The number of carbonyl (C=O) groups is 1. The van der Waals surface area contributed by atoms with Crippen molar-refractivity contribution in [3.8, 4) is 0 Å². The Morgan fingerprint density at radius 2 is 2.00 bits per heavy atom. The maximum Gasteiger partial charge on any atom is 0.283 e. The number of nitrogens with zero attached hydrogens (tertiary/aromatic N) is 1. The van der Waals surface area contributed by atoms with Crippen LogP contribution in [0.15, 0.2) is 0 Å². The van der Waals surface area contributed by atoms with Gasteiger partial charge in [0, 0.05) is 35.7 Å². The van der Waals surface area contributed by atoms with Crippen LogP contribution in [0.1, 0.15) is 12.8 Å². The first kappa shape index (κ1) is 8.26. The van der Waals surface area contributed by atoms with Gasteiger partial charge in [-0.05, 0) is 12.8 Å². The van der Waals surface area contributed by atoms with Gasteiger partial charge in [-0.15, -0.1) is 0 Å². The Kier molecular flexibility index (Phi) is 2.91. The summed E-state index contributed by atoms with van der Waals surface area (Å²) in [6.45, 7) is 1.42. The topological polar surface area (TPSA) is 40.5 Å². The molecular weight excluding hydrogens is 245 g/mol. The summed E-state index contributed by atoms with van der Waals surface area (Å²) in [7, 11) is 0. The molecule has 10 heavy (non-hydrogen) atoms. The van der Waals surface area contributed by atoms with Crippen LogP contribution in [0.3, 0.4) is 0 Å². The Labute approximate surface area is 73.5 Å². The SMILES string of the molecule is O=C(I)N1CCC(O)CC1. The van der Waals surface area contributed by atoms with Crippen LogP contribution in [0, 0.1) is 0 Å². The average Bonchev–Trinajstić information content (AvgIpc) is 1.88. The number of amides is 1. The third kappa shape index (κ3) is 2.09. The minimum atomic E-state index is -0.188. The van der Waals surface area contributed by atoms with Crippen molar-refractivity contribution >= 4 is 26.5 Å². The predicted molar refractivity (Wildman–Crippen MR) is 46.2 cm³/mol. The molecule has 4 heteroatoms. The number of piperidine rings is 1. The minimum Gasteiger partial charge on any atom is -0.393 e. The number of aliphatic hydroxyl groups excluding tert-OH is 1. The van der Waals surface area contributed by atoms with E-state index in [1.807, 2.05) is 0 Å². The van der Waals surface area contributed by atoms with E-state index in [4.69, 9.17) is 5.11 Å². The zero-order valence-electron chi connectivity index (χ0n) is 5.59. The molecule has 1 amide bonds. The normalized spacial score (nSPS) is 21.2. The maximum absolute atomic E-state index is 10.7. The van der Waals surface area contributed by atoms with Crippen LogP contribution in [0.2, 0.25) is 0 Å². The zero-order chi connectivity index (χ0) is 7.56. The fraction of sp³-hybridized carbons (Fsp3) is 0.833.